The highest BCUT2D eigenvalue weighted by atomic mass is 16.7. The Kier molecular flexibility index (Phi) is 2.72. The van der Waals surface area contributed by atoms with E-state index in [-0.39, 0.29) is 0 Å². The largest absolute Gasteiger partial charge is 0.454 e. The van der Waals surface area contributed by atoms with Crippen LogP contribution in [-0.4, -0.2) is 17.9 Å². The second-order valence-electron chi connectivity index (χ2n) is 4.37. The van der Waals surface area contributed by atoms with Gasteiger partial charge in [0.2, 0.25) is 6.79 Å². The van der Waals surface area contributed by atoms with E-state index in [1.807, 2.05) is 12.1 Å². The maximum Gasteiger partial charge on any atom is 0.231 e. The van der Waals surface area contributed by atoms with Crippen LogP contribution in [-0.2, 0) is 6.54 Å². The van der Waals surface area contributed by atoms with Gasteiger partial charge in [0.15, 0.2) is 11.5 Å². The van der Waals surface area contributed by atoms with Crippen molar-refractivity contribution in [3.05, 3.63) is 36.0 Å². The van der Waals surface area contributed by atoms with E-state index in [1.54, 1.807) is 0 Å². The molecule has 0 atom stereocenters. The average Bonchev–Trinajstić information content (AvgIpc) is 2.97. The number of nitrogens with two attached hydrogens (primary N) is 1. The minimum absolute atomic E-state index is 0.307. The van der Waals surface area contributed by atoms with Crippen molar-refractivity contribution < 1.29 is 9.47 Å². The molecular formula is C14H16N2O2. The van der Waals surface area contributed by atoms with Crippen molar-refractivity contribution in [3.63, 3.8) is 0 Å². The van der Waals surface area contributed by atoms with Crippen molar-refractivity contribution in [1.82, 2.24) is 4.57 Å². The molecule has 4 heteroatoms. The van der Waals surface area contributed by atoms with Crippen molar-refractivity contribution in [2.24, 2.45) is 5.73 Å². The fourth-order valence-corrected chi connectivity index (χ4v) is 2.30. The number of rotatable bonds is 3. The van der Waals surface area contributed by atoms with Gasteiger partial charge < -0.3 is 19.8 Å². The van der Waals surface area contributed by atoms with Gasteiger partial charge in [-0.15, -0.1) is 0 Å². The lowest BCUT2D eigenvalue weighted by atomic mass is 10.1. The lowest BCUT2D eigenvalue weighted by Gasteiger charge is -2.11. The van der Waals surface area contributed by atoms with Crippen molar-refractivity contribution >= 4 is 0 Å². The topological polar surface area (TPSA) is 49.4 Å². The molecular weight excluding hydrogens is 228 g/mol. The zero-order chi connectivity index (χ0) is 12.5. The van der Waals surface area contributed by atoms with E-state index in [2.05, 4.69) is 29.7 Å². The van der Waals surface area contributed by atoms with E-state index in [0.717, 1.165) is 29.3 Å². The van der Waals surface area contributed by atoms with E-state index in [1.165, 1.54) is 5.69 Å². The van der Waals surface area contributed by atoms with E-state index < -0.39 is 0 Å². The van der Waals surface area contributed by atoms with Crippen LogP contribution in [0.2, 0.25) is 0 Å². The first-order valence-corrected chi connectivity index (χ1v) is 6.06. The monoisotopic (exact) mass is 244 g/mol. The molecule has 0 fully saturated rings. The molecule has 2 N–H and O–H groups in total. The Balaban J connectivity index is 2.04. The van der Waals surface area contributed by atoms with Gasteiger partial charge in [-0.25, -0.2) is 0 Å². The summed E-state index contributed by atoms with van der Waals surface area (Å²) < 4.78 is 13.0. The number of aromatic nitrogens is 1. The Morgan fingerprint density at radius 3 is 2.83 bits per heavy atom. The third-order valence-corrected chi connectivity index (χ3v) is 3.22. The first kappa shape index (κ1) is 11.2. The van der Waals surface area contributed by atoms with E-state index in [0.29, 0.717) is 13.3 Å². The van der Waals surface area contributed by atoms with Crippen molar-refractivity contribution in [3.8, 4) is 22.8 Å². The SMILES string of the molecule is Cc1ccc(-c2ccc3c(c2)OCO3)n1CCN. The van der Waals surface area contributed by atoms with Gasteiger partial charge in [0.25, 0.3) is 0 Å². The molecule has 1 aliphatic rings. The van der Waals surface area contributed by atoms with Gasteiger partial charge in [0.1, 0.15) is 0 Å². The van der Waals surface area contributed by atoms with Crippen LogP contribution in [0.15, 0.2) is 30.3 Å². The van der Waals surface area contributed by atoms with E-state index in [4.69, 9.17) is 15.2 Å². The van der Waals surface area contributed by atoms with Gasteiger partial charge in [-0.1, -0.05) is 0 Å². The molecule has 4 nitrogen and oxygen atoms in total. The van der Waals surface area contributed by atoms with Crippen LogP contribution in [0.5, 0.6) is 11.5 Å². The molecule has 2 aromatic rings. The van der Waals surface area contributed by atoms with E-state index in [9.17, 15) is 0 Å². The molecule has 0 saturated heterocycles. The summed E-state index contributed by atoms with van der Waals surface area (Å²) in [6, 6.07) is 10.2. The van der Waals surface area contributed by atoms with Gasteiger partial charge in [0.05, 0.1) is 0 Å². The van der Waals surface area contributed by atoms with Crippen LogP contribution in [0.1, 0.15) is 5.69 Å². The zero-order valence-corrected chi connectivity index (χ0v) is 10.3. The Hall–Kier alpha value is -1.94. The van der Waals surface area contributed by atoms with Crippen LogP contribution < -0.4 is 15.2 Å². The number of benzene rings is 1. The minimum Gasteiger partial charge on any atom is -0.454 e. The number of hydrogen-bond donors (Lipinski definition) is 1. The van der Waals surface area contributed by atoms with Gasteiger partial charge in [-0.05, 0) is 37.3 Å². The molecule has 18 heavy (non-hydrogen) atoms. The fraction of sp³-hybridized carbons (Fsp3) is 0.286. The molecule has 0 radical (unpaired) electrons. The Bertz CT molecular complexity index is 575. The summed E-state index contributed by atoms with van der Waals surface area (Å²) >= 11 is 0. The number of nitrogens with zero attached hydrogens (tertiary/aromatic N) is 1. The van der Waals surface area contributed by atoms with Crippen LogP contribution in [0.25, 0.3) is 11.3 Å². The third-order valence-electron chi connectivity index (χ3n) is 3.22. The highest BCUT2D eigenvalue weighted by Gasteiger charge is 2.15. The number of ether oxygens (including phenoxy) is 2. The molecule has 0 unspecified atom stereocenters. The lowest BCUT2D eigenvalue weighted by molar-refractivity contribution is 0.174. The average molecular weight is 244 g/mol. The smallest absolute Gasteiger partial charge is 0.231 e. The van der Waals surface area contributed by atoms with E-state index >= 15 is 0 Å². The Morgan fingerprint density at radius 2 is 2.00 bits per heavy atom. The highest BCUT2D eigenvalue weighted by molar-refractivity contribution is 5.65. The number of hydrogen-bond acceptors (Lipinski definition) is 3. The molecule has 0 spiro atoms. The first-order valence-electron chi connectivity index (χ1n) is 6.06. The first-order chi connectivity index (χ1) is 8.79. The van der Waals surface area contributed by atoms with Gasteiger partial charge >= 0.3 is 0 Å². The summed E-state index contributed by atoms with van der Waals surface area (Å²) in [6.45, 7) is 3.85. The second kappa shape index (κ2) is 4.38. The molecule has 1 aromatic heterocycles. The second-order valence-corrected chi connectivity index (χ2v) is 4.37. The number of aryl methyl sites for hydroxylation is 1. The van der Waals surface area contributed by atoms with Crippen LogP contribution >= 0.6 is 0 Å². The predicted molar refractivity (Wildman–Crippen MR) is 69.8 cm³/mol. The molecule has 94 valence electrons. The molecule has 0 amide bonds. The Morgan fingerprint density at radius 1 is 1.17 bits per heavy atom. The molecule has 1 aliphatic heterocycles. The molecule has 0 saturated carbocycles. The van der Waals surface area contributed by atoms with Crippen molar-refractivity contribution in [2.45, 2.75) is 13.5 Å². The normalized spacial score (nSPS) is 13.0. The van der Waals surface area contributed by atoms with Gasteiger partial charge in [0, 0.05) is 30.0 Å². The van der Waals surface area contributed by atoms with Crippen molar-refractivity contribution in [1.29, 1.82) is 0 Å². The lowest BCUT2D eigenvalue weighted by Crippen LogP contribution is -2.11. The molecule has 0 aliphatic carbocycles. The molecule has 1 aromatic carbocycles. The maximum absolute atomic E-state index is 5.66. The Labute approximate surface area is 106 Å². The maximum atomic E-state index is 5.66. The third kappa shape index (κ3) is 1.75. The summed E-state index contributed by atoms with van der Waals surface area (Å²) in [6.07, 6.45) is 0. The summed E-state index contributed by atoms with van der Waals surface area (Å²) in [5.41, 5.74) is 9.17. The van der Waals surface area contributed by atoms with Gasteiger partial charge in [-0.3, -0.25) is 0 Å². The summed E-state index contributed by atoms with van der Waals surface area (Å²) in [4.78, 5) is 0. The highest BCUT2D eigenvalue weighted by Crippen LogP contribution is 2.36. The predicted octanol–water partition coefficient (Wildman–Crippen LogP) is 2.15. The summed E-state index contributed by atoms with van der Waals surface area (Å²) in [5.74, 6) is 1.62. The zero-order valence-electron chi connectivity index (χ0n) is 10.3. The summed E-state index contributed by atoms with van der Waals surface area (Å²) in [7, 11) is 0. The van der Waals surface area contributed by atoms with Crippen molar-refractivity contribution in [2.75, 3.05) is 13.3 Å². The van der Waals surface area contributed by atoms with Crippen LogP contribution in [0, 0.1) is 6.92 Å². The standard InChI is InChI=1S/C14H16N2O2/c1-10-2-4-12(16(10)7-6-15)11-3-5-13-14(8-11)18-9-17-13/h2-5,8H,6-7,9,15H2,1H3. The van der Waals surface area contributed by atoms with Crippen LogP contribution in [0.3, 0.4) is 0 Å². The quantitative estimate of drug-likeness (QED) is 0.900. The van der Waals surface area contributed by atoms with Gasteiger partial charge in [-0.2, -0.15) is 0 Å². The summed E-state index contributed by atoms with van der Waals surface area (Å²) in [5, 5.41) is 0. The number of fused-ring (bicyclic) bond motifs is 1. The van der Waals surface area contributed by atoms with Crippen LogP contribution in [0.4, 0.5) is 0 Å². The molecule has 2 heterocycles. The molecule has 3 rings (SSSR count). The fourth-order valence-electron chi connectivity index (χ4n) is 2.30. The minimum atomic E-state index is 0.307. The molecule has 0 bridgehead atoms.